The van der Waals surface area contributed by atoms with Crippen LogP contribution < -0.4 is 0 Å². The molecule has 0 bridgehead atoms. The van der Waals surface area contributed by atoms with E-state index in [2.05, 4.69) is 0 Å². The predicted molar refractivity (Wildman–Crippen MR) is 51.6 cm³/mol. The van der Waals surface area contributed by atoms with Crippen molar-refractivity contribution in [3.8, 4) is 0 Å². The first kappa shape index (κ1) is 11.0. The van der Waals surface area contributed by atoms with E-state index in [1.54, 1.807) is 32.7 Å². The van der Waals surface area contributed by atoms with Gasteiger partial charge in [-0.2, -0.15) is 0 Å². The molecule has 0 saturated carbocycles. The number of likely N-dealkylation sites (tertiary alicyclic amines) is 1. The van der Waals surface area contributed by atoms with Gasteiger partial charge in [-0.05, 0) is 27.2 Å². The normalized spacial score (nSPS) is 22.7. The summed E-state index contributed by atoms with van der Waals surface area (Å²) in [7, 11) is 1.70. The molecule has 1 unspecified atom stereocenters. The first-order valence-electron chi connectivity index (χ1n) is 4.79. The van der Waals surface area contributed by atoms with E-state index in [-0.39, 0.29) is 5.91 Å². The van der Waals surface area contributed by atoms with Crippen LogP contribution in [0.3, 0.4) is 0 Å². The number of ether oxygens (including phenoxy) is 1. The molecule has 4 heteroatoms. The maximum absolute atomic E-state index is 11.5. The number of carbonyl (C=O) groups is 2. The van der Waals surface area contributed by atoms with Gasteiger partial charge in [-0.15, -0.1) is 0 Å². The van der Waals surface area contributed by atoms with Crippen molar-refractivity contribution in [3.63, 3.8) is 0 Å². The molecule has 0 aliphatic carbocycles. The van der Waals surface area contributed by atoms with Crippen LogP contribution in [0.15, 0.2) is 0 Å². The number of rotatable bonds is 1. The highest BCUT2D eigenvalue weighted by Gasteiger charge is 2.37. The third-order valence-electron chi connectivity index (χ3n) is 2.12. The molecule has 1 heterocycles. The van der Waals surface area contributed by atoms with Crippen molar-refractivity contribution in [2.45, 2.75) is 32.8 Å². The van der Waals surface area contributed by atoms with E-state index >= 15 is 0 Å². The van der Waals surface area contributed by atoms with Crippen molar-refractivity contribution in [2.75, 3.05) is 13.6 Å². The summed E-state index contributed by atoms with van der Waals surface area (Å²) < 4.78 is 5.15. The highest BCUT2D eigenvalue weighted by molar-refractivity contribution is 5.99. The van der Waals surface area contributed by atoms with Gasteiger partial charge in [0.15, 0.2) is 0 Å². The van der Waals surface area contributed by atoms with Gasteiger partial charge in [-0.1, -0.05) is 0 Å². The number of hydrogen-bond acceptors (Lipinski definition) is 3. The zero-order chi connectivity index (χ0) is 10.9. The summed E-state index contributed by atoms with van der Waals surface area (Å²) >= 11 is 0. The van der Waals surface area contributed by atoms with Crippen LogP contribution in [0.1, 0.15) is 27.2 Å². The van der Waals surface area contributed by atoms with Crippen LogP contribution in [0.5, 0.6) is 0 Å². The molecule has 0 radical (unpaired) electrons. The Hall–Kier alpha value is -1.06. The number of carbonyl (C=O) groups excluding carboxylic acids is 2. The van der Waals surface area contributed by atoms with Crippen LogP contribution in [-0.2, 0) is 14.3 Å². The van der Waals surface area contributed by atoms with Gasteiger partial charge in [-0.25, -0.2) is 0 Å². The van der Waals surface area contributed by atoms with E-state index in [1.165, 1.54) is 0 Å². The summed E-state index contributed by atoms with van der Waals surface area (Å²) in [6, 6.07) is 0. The van der Waals surface area contributed by atoms with Gasteiger partial charge in [-0.3, -0.25) is 9.59 Å². The largest absolute Gasteiger partial charge is 0.459 e. The molecule has 0 aromatic heterocycles. The van der Waals surface area contributed by atoms with Crippen LogP contribution in [-0.4, -0.2) is 36.0 Å². The molecule has 1 saturated heterocycles. The lowest BCUT2D eigenvalue weighted by Crippen LogP contribution is -2.33. The van der Waals surface area contributed by atoms with Crippen molar-refractivity contribution in [3.05, 3.63) is 0 Å². The maximum atomic E-state index is 11.5. The molecule has 0 aromatic rings. The Kier molecular flexibility index (Phi) is 2.83. The summed E-state index contributed by atoms with van der Waals surface area (Å²) in [4.78, 5) is 24.6. The van der Waals surface area contributed by atoms with E-state index < -0.39 is 17.5 Å². The molecule has 80 valence electrons. The number of hydrogen-bond donors (Lipinski definition) is 0. The second-order valence-corrected chi connectivity index (χ2v) is 4.63. The van der Waals surface area contributed by atoms with Crippen LogP contribution in [0.25, 0.3) is 0 Å². The number of esters is 1. The standard InChI is InChI=1S/C10H17NO3/c1-10(2,3)14-9(13)7-5-6-11(4)8(7)12/h7H,5-6H2,1-4H3. The van der Waals surface area contributed by atoms with Crippen LogP contribution >= 0.6 is 0 Å². The second-order valence-electron chi connectivity index (χ2n) is 4.63. The monoisotopic (exact) mass is 199 g/mol. The quantitative estimate of drug-likeness (QED) is 0.463. The highest BCUT2D eigenvalue weighted by atomic mass is 16.6. The molecular formula is C10H17NO3. The topological polar surface area (TPSA) is 46.6 Å². The lowest BCUT2D eigenvalue weighted by molar-refractivity contribution is -0.162. The average Bonchev–Trinajstić information content (AvgIpc) is 2.29. The van der Waals surface area contributed by atoms with Crippen molar-refractivity contribution in [1.29, 1.82) is 0 Å². The fraction of sp³-hybridized carbons (Fsp3) is 0.800. The van der Waals surface area contributed by atoms with Crippen molar-refractivity contribution in [1.82, 2.24) is 4.90 Å². The van der Waals surface area contributed by atoms with Gasteiger partial charge in [0.05, 0.1) is 0 Å². The number of nitrogens with zero attached hydrogens (tertiary/aromatic N) is 1. The van der Waals surface area contributed by atoms with Crippen molar-refractivity contribution < 1.29 is 14.3 Å². The maximum Gasteiger partial charge on any atom is 0.319 e. The van der Waals surface area contributed by atoms with Crippen molar-refractivity contribution >= 4 is 11.9 Å². The van der Waals surface area contributed by atoms with E-state index in [9.17, 15) is 9.59 Å². The van der Waals surface area contributed by atoms with Crippen LogP contribution in [0.2, 0.25) is 0 Å². The number of amides is 1. The fourth-order valence-electron chi connectivity index (χ4n) is 1.41. The van der Waals surface area contributed by atoms with E-state index in [4.69, 9.17) is 4.74 Å². The van der Waals surface area contributed by atoms with Gasteiger partial charge >= 0.3 is 5.97 Å². The van der Waals surface area contributed by atoms with E-state index in [0.29, 0.717) is 13.0 Å². The minimum atomic E-state index is -0.584. The average molecular weight is 199 g/mol. The second kappa shape index (κ2) is 3.59. The molecule has 1 aliphatic rings. The molecule has 0 spiro atoms. The molecule has 1 rings (SSSR count). The summed E-state index contributed by atoms with van der Waals surface area (Å²) in [6.45, 7) is 6.04. The molecule has 1 fully saturated rings. The Morgan fingerprint density at radius 1 is 1.50 bits per heavy atom. The van der Waals surface area contributed by atoms with Gasteiger partial charge in [0.1, 0.15) is 11.5 Å². The van der Waals surface area contributed by atoms with Crippen molar-refractivity contribution in [2.24, 2.45) is 5.92 Å². The van der Waals surface area contributed by atoms with Gasteiger partial charge in [0.2, 0.25) is 5.91 Å². The lowest BCUT2D eigenvalue weighted by atomic mass is 10.1. The summed E-state index contributed by atoms with van der Waals surface area (Å²) in [6.07, 6.45) is 0.574. The van der Waals surface area contributed by atoms with Gasteiger partial charge < -0.3 is 9.64 Å². The summed E-state index contributed by atoms with van der Waals surface area (Å²) in [5.74, 6) is -1.11. The Balaban J connectivity index is 2.59. The Bertz CT molecular complexity index is 255. The molecule has 0 aromatic carbocycles. The first-order chi connectivity index (χ1) is 6.31. The minimum Gasteiger partial charge on any atom is -0.459 e. The Morgan fingerprint density at radius 2 is 2.07 bits per heavy atom. The van der Waals surface area contributed by atoms with Crippen LogP contribution in [0.4, 0.5) is 0 Å². The van der Waals surface area contributed by atoms with Gasteiger partial charge in [0.25, 0.3) is 0 Å². The van der Waals surface area contributed by atoms with Crippen LogP contribution in [0, 0.1) is 5.92 Å². The third-order valence-corrected chi connectivity index (χ3v) is 2.12. The smallest absolute Gasteiger partial charge is 0.319 e. The Morgan fingerprint density at radius 3 is 2.43 bits per heavy atom. The zero-order valence-electron chi connectivity index (χ0n) is 9.16. The Labute approximate surface area is 84.2 Å². The lowest BCUT2D eigenvalue weighted by Gasteiger charge is -2.21. The molecule has 14 heavy (non-hydrogen) atoms. The first-order valence-corrected chi connectivity index (χ1v) is 4.79. The van der Waals surface area contributed by atoms with Gasteiger partial charge in [0, 0.05) is 13.6 Å². The predicted octanol–water partition coefficient (Wildman–Crippen LogP) is 0.806. The molecule has 1 aliphatic heterocycles. The highest BCUT2D eigenvalue weighted by Crippen LogP contribution is 2.20. The molecular weight excluding hydrogens is 182 g/mol. The van der Waals surface area contributed by atoms with E-state index in [1.807, 2.05) is 0 Å². The SMILES string of the molecule is CN1CCC(C(=O)OC(C)(C)C)C1=O. The van der Waals surface area contributed by atoms with E-state index in [0.717, 1.165) is 0 Å². The molecule has 4 nitrogen and oxygen atoms in total. The summed E-state index contributed by atoms with van der Waals surface area (Å²) in [5, 5.41) is 0. The molecule has 1 atom stereocenters. The summed E-state index contributed by atoms with van der Waals surface area (Å²) in [5.41, 5.74) is -0.515. The molecule has 0 N–H and O–H groups in total. The fourth-order valence-corrected chi connectivity index (χ4v) is 1.41. The minimum absolute atomic E-state index is 0.126. The molecule has 1 amide bonds. The third kappa shape index (κ3) is 2.47. The zero-order valence-corrected chi connectivity index (χ0v) is 9.16.